The second kappa shape index (κ2) is 4.31. The fraction of sp³-hybridized carbons (Fsp3) is 0.571. The highest BCUT2D eigenvalue weighted by molar-refractivity contribution is 5.42. The fourth-order valence-corrected chi connectivity index (χ4v) is 2.07. The molecule has 0 aromatic heterocycles. The summed E-state index contributed by atoms with van der Waals surface area (Å²) < 4.78 is 5.62. The van der Waals surface area contributed by atoms with Crippen molar-refractivity contribution in [3.8, 4) is 5.75 Å². The van der Waals surface area contributed by atoms with Gasteiger partial charge in [0.1, 0.15) is 5.75 Å². The summed E-state index contributed by atoms with van der Waals surface area (Å²) in [5, 5.41) is 10.2. The number of hydrogen-bond donors (Lipinski definition) is 2. The molecule has 0 aliphatic carbocycles. The number of hydrogen-bond acceptors (Lipinski definition) is 3. The number of rotatable bonds is 0. The first kappa shape index (κ1) is 12.4. The van der Waals surface area contributed by atoms with E-state index in [2.05, 4.69) is 26.8 Å². The van der Waals surface area contributed by atoms with E-state index in [-0.39, 0.29) is 11.5 Å². The van der Waals surface area contributed by atoms with E-state index in [1.54, 1.807) is 0 Å². The highest BCUT2D eigenvalue weighted by atomic mass is 16.5. The topological polar surface area (TPSA) is 55.5 Å². The van der Waals surface area contributed by atoms with E-state index < -0.39 is 6.10 Å². The van der Waals surface area contributed by atoms with Crippen molar-refractivity contribution in [2.45, 2.75) is 44.8 Å². The standard InChI is InChI=1S/C14H21NO2/c1-14(2,3)9-4-5-12-10(8-9)13(16)11(15)6-7-17-12/h4-5,8,11,13,16H,6-7,15H2,1-3H3/t11-,13-/m0/s1. The Balaban J connectivity index is 2.46. The third-order valence-corrected chi connectivity index (χ3v) is 3.31. The maximum Gasteiger partial charge on any atom is 0.125 e. The zero-order valence-corrected chi connectivity index (χ0v) is 10.7. The Morgan fingerprint density at radius 1 is 1.35 bits per heavy atom. The molecule has 0 spiro atoms. The van der Waals surface area contributed by atoms with Crippen LogP contribution in [0, 0.1) is 0 Å². The summed E-state index contributed by atoms with van der Waals surface area (Å²) in [4.78, 5) is 0. The van der Waals surface area contributed by atoms with Gasteiger partial charge >= 0.3 is 0 Å². The molecule has 1 heterocycles. The van der Waals surface area contributed by atoms with Crippen LogP contribution < -0.4 is 10.5 Å². The summed E-state index contributed by atoms with van der Waals surface area (Å²) in [6.07, 6.45) is 0.0514. The predicted octanol–water partition coefficient (Wildman–Crippen LogP) is 2.13. The van der Waals surface area contributed by atoms with E-state index in [1.807, 2.05) is 12.1 Å². The minimum absolute atomic E-state index is 0.0607. The summed E-state index contributed by atoms with van der Waals surface area (Å²) in [5.74, 6) is 0.762. The first-order valence-corrected chi connectivity index (χ1v) is 6.10. The van der Waals surface area contributed by atoms with Crippen LogP contribution in [-0.4, -0.2) is 17.8 Å². The molecule has 0 saturated heterocycles. The van der Waals surface area contributed by atoms with Crippen LogP contribution >= 0.6 is 0 Å². The number of aliphatic hydroxyl groups is 1. The van der Waals surface area contributed by atoms with Gasteiger partial charge in [-0.05, 0) is 29.5 Å². The van der Waals surface area contributed by atoms with E-state index in [4.69, 9.17) is 10.5 Å². The summed E-state index contributed by atoms with van der Waals surface area (Å²) in [6.45, 7) is 7.02. The van der Waals surface area contributed by atoms with E-state index in [1.165, 1.54) is 5.56 Å². The Hall–Kier alpha value is -1.06. The van der Waals surface area contributed by atoms with Gasteiger partial charge in [-0.3, -0.25) is 0 Å². The van der Waals surface area contributed by atoms with Crippen molar-refractivity contribution in [2.24, 2.45) is 5.73 Å². The van der Waals surface area contributed by atoms with Gasteiger partial charge in [-0.2, -0.15) is 0 Å². The number of nitrogens with two attached hydrogens (primary N) is 1. The van der Waals surface area contributed by atoms with Crippen molar-refractivity contribution in [1.82, 2.24) is 0 Å². The molecule has 2 rings (SSSR count). The van der Waals surface area contributed by atoms with Crippen LogP contribution in [0.2, 0.25) is 0 Å². The van der Waals surface area contributed by atoms with Gasteiger partial charge in [0.15, 0.2) is 0 Å². The number of ether oxygens (including phenoxy) is 1. The average Bonchev–Trinajstić information content (AvgIpc) is 2.39. The fourth-order valence-electron chi connectivity index (χ4n) is 2.07. The van der Waals surface area contributed by atoms with Crippen molar-refractivity contribution in [1.29, 1.82) is 0 Å². The molecular weight excluding hydrogens is 214 g/mol. The Kier molecular flexibility index (Phi) is 3.15. The minimum atomic E-state index is -0.630. The van der Waals surface area contributed by atoms with Crippen LogP contribution in [0.1, 0.15) is 44.4 Å². The van der Waals surface area contributed by atoms with Gasteiger partial charge in [0.05, 0.1) is 12.7 Å². The highest BCUT2D eigenvalue weighted by Crippen LogP contribution is 2.34. The van der Waals surface area contributed by atoms with Gasteiger partial charge in [-0.15, -0.1) is 0 Å². The molecule has 0 unspecified atom stereocenters. The lowest BCUT2D eigenvalue weighted by atomic mass is 9.85. The molecule has 0 amide bonds. The third kappa shape index (κ3) is 2.45. The molecule has 1 aromatic carbocycles. The zero-order valence-electron chi connectivity index (χ0n) is 10.7. The molecular formula is C14H21NO2. The van der Waals surface area contributed by atoms with Gasteiger partial charge in [0, 0.05) is 11.6 Å². The normalized spacial score (nSPS) is 24.8. The first-order chi connectivity index (χ1) is 7.89. The number of fused-ring (bicyclic) bond motifs is 1. The van der Waals surface area contributed by atoms with Crippen LogP contribution in [0.25, 0.3) is 0 Å². The van der Waals surface area contributed by atoms with Gasteiger partial charge in [-0.25, -0.2) is 0 Å². The van der Waals surface area contributed by atoms with E-state index in [0.29, 0.717) is 13.0 Å². The molecule has 94 valence electrons. The van der Waals surface area contributed by atoms with Gasteiger partial charge in [-0.1, -0.05) is 26.8 Å². The van der Waals surface area contributed by atoms with Gasteiger partial charge in [0.25, 0.3) is 0 Å². The van der Waals surface area contributed by atoms with Crippen molar-refractivity contribution >= 4 is 0 Å². The minimum Gasteiger partial charge on any atom is -0.493 e. The molecule has 0 saturated carbocycles. The van der Waals surface area contributed by atoms with Crippen LogP contribution in [0.5, 0.6) is 5.75 Å². The van der Waals surface area contributed by atoms with Crippen LogP contribution in [0.3, 0.4) is 0 Å². The lowest BCUT2D eigenvalue weighted by Crippen LogP contribution is -2.28. The molecule has 1 aromatic rings. The van der Waals surface area contributed by atoms with Crippen molar-refractivity contribution in [3.05, 3.63) is 29.3 Å². The van der Waals surface area contributed by atoms with Gasteiger partial charge in [0.2, 0.25) is 0 Å². The third-order valence-electron chi connectivity index (χ3n) is 3.31. The lowest BCUT2D eigenvalue weighted by molar-refractivity contribution is 0.144. The molecule has 3 N–H and O–H groups in total. The molecule has 0 bridgehead atoms. The van der Waals surface area contributed by atoms with Crippen LogP contribution in [0.15, 0.2) is 18.2 Å². The molecule has 3 nitrogen and oxygen atoms in total. The molecule has 3 heteroatoms. The zero-order chi connectivity index (χ0) is 12.6. The van der Waals surface area contributed by atoms with Crippen molar-refractivity contribution in [3.63, 3.8) is 0 Å². The lowest BCUT2D eigenvalue weighted by Gasteiger charge is -2.22. The summed E-state index contributed by atoms with van der Waals surface area (Å²) in [7, 11) is 0. The quantitative estimate of drug-likeness (QED) is 0.724. The highest BCUT2D eigenvalue weighted by Gasteiger charge is 2.26. The van der Waals surface area contributed by atoms with E-state index >= 15 is 0 Å². The predicted molar refractivity (Wildman–Crippen MR) is 68.2 cm³/mol. The largest absolute Gasteiger partial charge is 0.493 e. The molecule has 2 atom stereocenters. The molecule has 17 heavy (non-hydrogen) atoms. The van der Waals surface area contributed by atoms with Crippen LogP contribution in [0.4, 0.5) is 0 Å². The van der Waals surface area contributed by atoms with Crippen molar-refractivity contribution in [2.75, 3.05) is 6.61 Å². The average molecular weight is 235 g/mol. The Morgan fingerprint density at radius 2 is 2.06 bits per heavy atom. The maximum absolute atomic E-state index is 10.2. The van der Waals surface area contributed by atoms with Crippen molar-refractivity contribution < 1.29 is 9.84 Å². The summed E-state index contributed by atoms with van der Waals surface area (Å²) >= 11 is 0. The smallest absolute Gasteiger partial charge is 0.125 e. The maximum atomic E-state index is 10.2. The Morgan fingerprint density at radius 3 is 2.71 bits per heavy atom. The second-order valence-electron chi connectivity index (χ2n) is 5.75. The summed E-state index contributed by atoms with van der Waals surface area (Å²) in [5.41, 5.74) is 7.99. The molecule has 0 radical (unpaired) electrons. The first-order valence-electron chi connectivity index (χ1n) is 6.10. The van der Waals surface area contributed by atoms with E-state index in [9.17, 15) is 5.11 Å². The Labute approximate surface area is 103 Å². The van der Waals surface area contributed by atoms with Crippen LogP contribution in [-0.2, 0) is 5.41 Å². The molecule has 1 aliphatic heterocycles. The Bertz CT molecular complexity index is 409. The molecule has 1 aliphatic rings. The van der Waals surface area contributed by atoms with E-state index in [0.717, 1.165) is 11.3 Å². The number of benzene rings is 1. The second-order valence-corrected chi connectivity index (χ2v) is 5.75. The molecule has 0 fully saturated rings. The monoisotopic (exact) mass is 235 g/mol. The van der Waals surface area contributed by atoms with Gasteiger partial charge < -0.3 is 15.6 Å². The summed E-state index contributed by atoms with van der Waals surface area (Å²) in [6, 6.07) is 5.77. The number of aliphatic hydroxyl groups excluding tert-OH is 1. The SMILES string of the molecule is CC(C)(C)c1ccc2c(c1)[C@H](O)[C@@H](N)CCO2.